The van der Waals surface area contributed by atoms with E-state index < -0.39 is 0 Å². The molecule has 5 heteroatoms. The molecule has 0 aliphatic carbocycles. The molecular weight excluding hydrogens is 308 g/mol. The molecule has 0 N–H and O–H groups in total. The Bertz CT molecular complexity index is 116. The van der Waals surface area contributed by atoms with E-state index in [2.05, 4.69) is 52.5 Å². The van der Waals surface area contributed by atoms with Gasteiger partial charge >= 0.3 is 0 Å². The Morgan fingerprint density at radius 1 is 1.38 bits per heavy atom. The maximum absolute atomic E-state index is 9.59. The number of ether oxygens (including phenoxy) is 1. The lowest BCUT2D eigenvalue weighted by atomic mass is 11.1. The summed E-state index contributed by atoms with van der Waals surface area (Å²) < 4.78 is 5.22. The van der Waals surface area contributed by atoms with Crippen molar-refractivity contribution in [3.05, 3.63) is 8.06 Å². The summed E-state index contributed by atoms with van der Waals surface area (Å²) in [6, 6.07) is 0. The van der Waals surface area contributed by atoms with Crippen LogP contribution in [0, 0.1) is 0 Å². The molecule has 0 aliphatic heterocycles. The second kappa shape index (κ2) is 4.52. The van der Waals surface area contributed by atoms with E-state index in [-0.39, 0.29) is 0 Å². The van der Waals surface area contributed by atoms with Gasteiger partial charge in [0.1, 0.15) is 3.39 Å². The van der Waals surface area contributed by atoms with Crippen LogP contribution < -0.4 is 0 Å². The van der Waals surface area contributed by atoms with E-state index in [1.54, 1.807) is 0 Å². The summed E-state index contributed by atoms with van der Waals surface area (Å²) in [6.07, 6.45) is 0. The molecule has 0 rings (SSSR count). The zero-order chi connectivity index (χ0) is 6.57. The third kappa shape index (κ3) is 3.63. The fourth-order valence-electron chi connectivity index (χ4n) is 0.0868. The first-order valence-corrected chi connectivity index (χ1v) is 3.87. The van der Waals surface area contributed by atoms with Gasteiger partial charge < -0.3 is 4.74 Å². The fourth-order valence-corrected chi connectivity index (χ4v) is 0.350. The van der Waals surface area contributed by atoms with E-state index in [1.165, 1.54) is 0 Å². The summed E-state index contributed by atoms with van der Waals surface area (Å²) in [7, 11) is 0. The van der Waals surface area contributed by atoms with Gasteiger partial charge in [-0.15, -0.1) is 0 Å². The molecule has 0 aromatic rings. The molecule has 0 aliphatic rings. The topological polar surface area (TPSA) is 26.3 Å². The predicted octanol–water partition coefficient (Wildman–Crippen LogP) is 2.47. The molecule has 0 bridgehead atoms. The summed E-state index contributed by atoms with van der Waals surface area (Å²) in [4.78, 5) is 9.59. The number of rotatable bonds is 2. The van der Waals surface area contributed by atoms with Crippen LogP contribution in [0.25, 0.3) is 0 Å². The number of hydrogen-bond acceptors (Lipinski definition) is 2. The maximum atomic E-state index is 9.59. The van der Waals surface area contributed by atoms with Crippen LogP contribution in [-0.2, 0) is 9.53 Å². The van der Waals surface area contributed by atoms with Gasteiger partial charge in [-0.05, 0) is 47.8 Å². The smallest absolute Gasteiger partial charge is 0.299 e. The van der Waals surface area contributed by atoms with Crippen LogP contribution in [0.15, 0.2) is 8.06 Å². The van der Waals surface area contributed by atoms with E-state index in [4.69, 9.17) is 0 Å². The van der Waals surface area contributed by atoms with Crippen LogP contribution >= 0.6 is 47.8 Å². The number of carbonyl (C=O) groups is 1. The first-order valence-electron chi connectivity index (χ1n) is 1.49. The maximum Gasteiger partial charge on any atom is 0.299 e. The van der Waals surface area contributed by atoms with E-state index in [1.807, 2.05) is 0 Å². The van der Waals surface area contributed by atoms with Gasteiger partial charge in [0.25, 0.3) is 6.47 Å². The summed E-state index contributed by atoms with van der Waals surface area (Å²) in [5.41, 5.74) is 0. The monoisotopic (exact) mass is 306 g/mol. The highest BCUT2D eigenvalue weighted by Crippen LogP contribution is 2.23. The molecule has 0 aromatic heterocycles. The van der Waals surface area contributed by atoms with Crippen LogP contribution in [0.5, 0.6) is 0 Å². The molecule has 0 aromatic carbocycles. The molecule has 2 nitrogen and oxygen atoms in total. The lowest BCUT2D eigenvalue weighted by molar-refractivity contribution is -0.124. The lowest BCUT2D eigenvalue weighted by Gasteiger charge is -1.90. The molecule has 0 saturated heterocycles. The largest absolute Gasteiger partial charge is 0.419 e. The van der Waals surface area contributed by atoms with Gasteiger partial charge in [-0.25, -0.2) is 0 Å². The normalized spacial score (nSPS) is 7.88. The zero-order valence-corrected chi connectivity index (χ0v) is 8.29. The average Bonchev–Trinajstić information content (AvgIpc) is 1.67. The van der Waals surface area contributed by atoms with E-state index in [0.717, 1.165) is 0 Å². The van der Waals surface area contributed by atoms with Gasteiger partial charge in [-0.1, -0.05) is 0 Å². The number of carbonyl (C=O) groups excluding carboxylic acids is 1. The van der Waals surface area contributed by atoms with Crippen LogP contribution in [0.3, 0.4) is 0 Å². The highest BCUT2D eigenvalue weighted by atomic mass is 79.9. The van der Waals surface area contributed by atoms with Gasteiger partial charge in [0.2, 0.25) is 0 Å². The van der Waals surface area contributed by atoms with Crippen molar-refractivity contribution in [1.29, 1.82) is 0 Å². The van der Waals surface area contributed by atoms with Gasteiger partial charge in [-0.3, -0.25) is 4.79 Å². The third-order valence-electron chi connectivity index (χ3n) is 0.300. The molecule has 0 fully saturated rings. The Labute approximate surface area is 71.7 Å². The Morgan fingerprint density at radius 3 is 2.00 bits per heavy atom. The van der Waals surface area contributed by atoms with Crippen LogP contribution in [0.1, 0.15) is 0 Å². The highest BCUT2D eigenvalue weighted by molar-refractivity contribution is 9.29. The highest BCUT2D eigenvalue weighted by Gasteiger charge is 1.94. The van der Waals surface area contributed by atoms with Crippen molar-refractivity contribution < 1.29 is 9.53 Å². The van der Waals surface area contributed by atoms with Crippen LogP contribution in [-0.4, -0.2) is 6.47 Å². The second-order valence-electron chi connectivity index (χ2n) is 0.748. The van der Waals surface area contributed by atoms with Crippen LogP contribution in [0.2, 0.25) is 0 Å². The minimum absolute atomic E-state index is 0.326. The van der Waals surface area contributed by atoms with E-state index in [9.17, 15) is 4.79 Å². The summed E-state index contributed by atoms with van der Waals surface area (Å²) >= 11 is 8.95. The van der Waals surface area contributed by atoms with Crippen molar-refractivity contribution in [3.63, 3.8) is 0 Å². The number of hydrogen-bond donors (Lipinski definition) is 0. The molecule has 0 atom stereocenters. The van der Waals surface area contributed by atoms with Crippen molar-refractivity contribution >= 4 is 54.3 Å². The molecule has 8 heavy (non-hydrogen) atoms. The first-order chi connectivity index (χ1) is 3.68. The van der Waals surface area contributed by atoms with Crippen molar-refractivity contribution in [2.24, 2.45) is 0 Å². The molecular formula is C3HBr3O2. The molecule has 0 saturated carbocycles. The zero-order valence-electron chi connectivity index (χ0n) is 3.53. The molecule has 0 amide bonds. The minimum Gasteiger partial charge on any atom is -0.419 e. The summed E-state index contributed by atoms with van der Waals surface area (Å²) in [5.74, 6) is 0. The Morgan fingerprint density at radius 2 is 1.88 bits per heavy atom. The Hall–Kier alpha value is 0.650. The molecule has 0 heterocycles. The number of halogens is 3. The van der Waals surface area contributed by atoms with Crippen molar-refractivity contribution in [2.45, 2.75) is 0 Å². The average molecular weight is 309 g/mol. The Kier molecular flexibility index (Phi) is 4.89. The van der Waals surface area contributed by atoms with Crippen molar-refractivity contribution in [1.82, 2.24) is 0 Å². The SMILES string of the molecule is O=COC(Br)=C(Br)Br. The van der Waals surface area contributed by atoms with Crippen molar-refractivity contribution in [2.75, 3.05) is 0 Å². The molecule has 0 radical (unpaired) electrons. The van der Waals surface area contributed by atoms with Gasteiger partial charge in [0.05, 0.1) is 0 Å². The van der Waals surface area contributed by atoms with Gasteiger partial charge in [-0.2, -0.15) is 0 Å². The molecule has 0 unspecified atom stereocenters. The molecule has 46 valence electrons. The van der Waals surface area contributed by atoms with Crippen LogP contribution in [0.4, 0.5) is 0 Å². The predicted molar refractivity (Wildman–Crippen MR) is 41.0 cm³/mol. The van der Waals surface area contributed by atoms with Gasteiger partial charge in [0, 0.05) is 0 Å². The van der Waals surface area contributed by atoms with E-state index in [0.29, 0.717) is 14.5 Å². The molecule has 0 spiro atoms. The fraction of sp³-hybridized carbons (Fsp3) is 0. The standard InChI is InChI=1S/C3HBr3O2/c4-2(5)3(6)8-1-7/h1H. The third-order valence-corrected chi connectivity index (χ3v) is 2.67. The lowest BCUT2D eigenvalue weighted by Crippen LogP contribution is -1.78. The quantitative estimate of drug-likeness (QED) is 0.579. The second-order valence-corrected chi connectivity index (χ2v) is 4.12. The first kappa shape index (κ1) is 8.65. The van der Waals surface area contributed by atoms with Crippen molar-refractivity contribution in [3.8, 4) is 0 Å². The summed E-state index contributed by atoms with van der Waals surface area (Å²) in [6.45, 7) is 0.326. The van der Waals surface area contributed by atoms with E-state index >= 15 is 0 Å². The summed E-state index contributed by atoms with van der Waals surface area (Å²) in [5, 5.41) is 0. The Balaban J connectivity index is 3.79. The minimum atomic E-state index is 0.326. The van der Waals surface area contributed by atoms with Gasteiger partial charge in [0.15, 0.2) is 4.67 Å².